The van der Waals surface area contributed by atoms with Crippen LogP contribution in [-0.2, 0) is 4.79 Å². The molecule has 0 aliphatic carbocycles. The molecular weight excluding hydrogens is 230 g/mol. The first-order chi connectivity index (χ1) is 8.58. The molecule has 0 aliphatic rings. The summed E-state index contributed by atoms with van der Waals surface area (Å²) in [5, 5.41) is 3.06. The number of anilines is 2. The standard InChI is InChI=1S/C13H21N3O2/c1-4-16(3)13(17)9-15-10-6-7-11(14)12(8-10)18-5-2/h6-8,15H,4-5,9,14H2,1-3H3. The molecule has 0 spiro atoms. The van der Waals surface area contributed by atoms with Crippen LogP contribution in [0.4, 0.5) is 11.4 Å². The molecule has 1 amide bonds. The number of likely N-dealkylation sites (N-methyl/N-ethyl adjacent to an activating group) is 1. The number of carbonyl (C=O) groups is 1. The van der Waals surface area contributed by atoms with E-state index in [2.05, 4.69) is 5.32 Å². The maximum Gasteiger partial charge on any atom is 0.241 e. The number of benzene rings is 1. The van der Waals surface area contributed by atoms with Crippen molar-refractivity contribution < 1.29 is 9.53 Å². The van der Waals surface area contributed by atoms with E-state index in [4.69, 9.17) is 10.5 Å². The summed E-state index contributed by atoms with van der Waals surface area (Å²) in [5.41, 5.74) is 7.19. The van der Waals surface area contributed by atoms with Crippen molar-refractivity contribution in [3.05, 3.63) is 18.2 Å². The van der Waals surface area contributed by atoms with Gasteiger partial charge in [-0.05, 0) is 26.0 Å². The summed E-state index contributed by atoms with van der Waals surface area (Å²) in [5.74, 6) is 0.686. The van der Waals surface area contributed by atoms with E-state index >= 15 is 0 Å². The van der Waals surface area contributed by atoms with Crippen LogP contribution >= 0.6 is 0 Å². The normalized spacial score (nSPS) is 9.94. The van der Waals surface area contributed by atoms with Crippen LogP contribution in [-0.4, -0.2) is 37.6 Å². The fourth-order valence-corrected chi connectivity index (χ4v) is 1.41. The molecule has 5 heteroatoms. The highest BCUT2D eigenvalue weighted by Gasteiger charge is 2.07. The Kier molecular flexibility index (Phi) is 5.30. The van der Waals surface area contributed by atoms with Crippen molar-refractivity contribution in [3.8, 4) is 5.75 Å². The summed E-state index contributed by atoms with van der Waals surface area (Å²) in [7, 11) is 1.78. The molecule has 0 fully saturated rings. The van der Waals surface area contributed by atoms with Gasteiger partial charge in [0.05, 0.1) is 18.8 Å². The Labute approximate surface area is 108 Å². The van der Waals surface area contributed by atoms with Crippen molar-refractivity contribution in [2.24, 2.45) is 0 Å². The molecule has 100 valence electrons. The SMILES string of the molecule is CCOc1cc(NCC(=O)N(C)CC)ccc1N. The fraction of sp³-hybridized carbons (Fsp3) is 0.462. The summed E-state index contributed by atoms with van der Waals surface area (Å²) in [6.45, 7) is 5.37. The third-order valence-corrected chi connectivity index (χ3v) is 2.66. The van der Waals surface area contributed by atoms with E-state index in [0.717, 1.165) is 5.69 Å². The molecule has 1 aromatic rings. The Morgan fingerprint density at radius 3 is 2.78 bits per heavy atom. The molecule has 0 radical (unpaired) electrons. The van der Waals surface area contributed by atoms with E-state index < -0.39 is 0 Å². The molecule has 0 saturated carbocycles. The van der Waals surface area contributed by atoms with Crippen LogP contribution in [0.25, 0.3) is 0 Å². The largest absolute Gasteiger partial charge is 0.492 e. The van der Waals surface area contributed by atoms with Gasteiger partial charge in [0.1, 0.15) is 5.75 Å². The molecule has 5 nitrogen and oxygen atoms in total. The van der Waals surface area contributed by atoms with Gasteiger partial charge >= 0.3 is 0 Å². The van der Waals surface area contributed by atoms with Crippen molar-refractivity contribution in [2.45, 2.75) is 13.8 Å². The highest BCUT2D eigenvalue weighted by molar-refractivity contribution is 5.80. The van der Waals surface area contributed by atoms with E-state index in [1.165, 1.54) is 0 Å². The highest BCUT2D eigenvalue weighted by Crippen LogP contribution is 2.25. The van der Waals surface area contributed by atoms with E-state index in [9.17, 15) is 4.79 Å². The molecule has 1 aromatic carbocycles. The van der Waals surface area contributed by atoms with E-state index in [-0.39, 0.29) is 12.5 Å². The van der Waals surface area contributed by atoms with Gasteiger partial charge < -0.3 is 20.7 Å². The Balaban J connectivity index is 2.62. The number of amides is 1. The second-order valence-corrected chi connectivity index (χ2v) is 3.95. The highest BCUT2D eigenvalue weighted by atomic mass is 16.5. The molecule has 18 heavy (non-hydrogen) atoms. The Morgan fingerprint density at radius 2 is 2.17 bits per heavy atom. The second-order valence-electron chi connectivity index (χ2n) is 3.95. The van der Waals surface area contributed by atoms with Gasteiger partial charge in [0.2, 0.25) is 5.91 Å². The van der Waals surface area contributed by atoms with Crippen molar-refractivity contribution in [1.82, 2.24) is 4.90 Å². The van der Waals surface area contributed by atoms with Gasteiger partial charge in [-0.2, -0.15) is 0 Å². The van der Waals surface area contributed by atoms with E-state index in [1.807, 2.05) is 19.9 Å². The molecule has 0 heterocycles. The van der Waals surface area contributed by atoms with Gasteiger partial charge in [-0.3, -0.25) is 4.79 Å². The zero-order valence-electron chi connectivity index (χ0n) is 11.2. The molecule has 0 atom stereocenters. The average molecular weight is 251 g/mol. The number of hydrogen-bond acceptors (Lipinski definition) is 4. The second kappa shape index (κ2) is 6.74. The topological polar surface area (TPSA) is 67.6 Å². The fourth-order valence-electron chi connectivity index (χ4n) is 1.41. The first kappa shape index (κ1) is 14.2. The first-order valence-corrected chi connectivity index (χ1v) is 6.08. The molecule has 0 unspecified atom stereocenters. The minimum atomic E-state index is 0.0484. The molecule has 0 aromatic heterocycles. The third-order valence-electron chi connectivity index (χ3n) is 2.66. The number of nitrogens with one attached hydrogen (secondary N) is 1. The van der Waals surface area contributed by atoms with Crippen LogP contribution in [0.1, 0.15) is 13.8 Å². The van der Waals surface area contributed by atoms with Crippen LogP contribution < -0.4 is 15.8 Å². The van der Waals surface area contributed by atoms with Crippen LogP contribution in [0.15, 0.2) is 18.2 Å². The zero-order chi connectivity index (χ0) is 13.5. The lowest BCUT2D eigenvalue weighted by Gasteiger charge is -2.16. The van der Waals surface area contributed by atoms with Gasteiger partial charge in [0, 0.05) is 25.3 Å². The molecule has 0 saturated heterocycles. The lowest BCUT2D eigenvalue weighted by molar-refractivity contribution is -0.127. The van der Waals surface area contributed by atoms with Crippen molar-refractivity contribution in [2.75, 3.05) is 37.8 Å². The van der Waals surface area contributed by atoms with Crippen LogP contribution in [0.3, 0.4) is 0 Å². The summed E-state index contributed by atoms with van der Waals surface area (Å²) in [4.78, 5) is 13.3. The van der Waals surface area contributed by atoms with Gasteiger partial charge in [-0.15, -0.1) is 0 Å². The molecule has 0 bridgehead atoms. The number of rotatable bonds is 6. The van der Waals surface area contributed by atoms with Gasteiger partial charge in [-0.1, -0.05) is 0 Å². The lowest BCUT2D eigenvalue weighted by Crippen LogP contribution is -2.31. The predicted molar refractivity (Wildman–Crippen MR) is 73.8 cm³/mol. The van der Waals surface area contributed by atoms with Crippen molar-refractivity contribution >= 4 is 17.3 Å². The summed E-state index contributed by atoms with van der Waals surface area (Å²) < 4.78 is 5.39. The molecule has 1 rings (SSSR count). The quantitative estimate of drug-likeness (QED) is 0.753. The smallest absolute Gasteiger partial charge is 0.241 e. The van der Waals surface area contributed by atoms with Crippen LogP contribution in [0.2, 0.25) is 0 Å². The number of nitrogen functional groups attached to an aromatic ring is 1. The summed E-state index contributed by atoms with van der Waals surface area (Å²) in [6.07, 6.45) is 0. The minimum Gasteiger partial charge on any atom is -0.492 e. The monoisotopic (exact) mass is 251 g/mol. The maximum absolute atomic E-state index is 11.6. The number of hydrogen-bond donors (Lipinski definition) is 2. The number of nitrogens with zero attached hydrogens (tertiary/aromatic N) is 1. The number of carbonyl (C=O) groups excluding carboxylic acids is 1. The maximum atomic E-state index is 11.6. The summed E-state index contributed by atoms with van der Waals surface area (Å²) in [6, 6.07) is 5.40. The van der Waals surface area contributed by atoms with Gasteiger partial charge in [0.15, 0.2) is 0 Å². The van der Waals surface area contributed by atoms with Crippen molar-refractivity contribution in [1.29, 1.82) is 0 Å². The van der Waals surface area contributed by atoms with Gasteiger partial charge in [-0.25, -0.2) is 0 Å². The first-order valence-electron chi connectivity index (χ1n) is 6.08. The van der Waals surface area contributed by atoms with E-state index in [0.29, 0.717) is 24.6 Å². The van der Waals surface area contributed by atoms with Gasteiger partial charge in [0.25, 0.3) is 0 Å². The Morgan fingerprint density at radius 1 is 1.44 bits per heavy atom. The Hall–Kier alpha value is -1.91. The summed E-state index contributed by atoms with van der Waals surface area (Å²) >= 11 is 0. The lowest BCUT2D eigenvalue weighted by atomic mass is 10.2. The van der Waals surface area contributed by atoms with Crippen molar-refractivity contribution in [3.63, 3.8) is 0 Å². The number of ether oxygens (including phenoxy) is 1. The molecule has 3 N–H and O–H groups in total. The molecule has 0 aliphatic heterocycles. The average Bonchev–Trinajstić information content (AvgIpc) is 2.38. The molecular formula is C13H21N3O2. The van der Waals surface area contributed by atoms with Crippen LogP contribution in [0, 0.1) is 0 Å². The third kappa shape index (κ3) is 3.84. The predicted octanol–water partition coefficient (Wildman–Crippen LogP) is 1.56. The Bertz CT molecular complexity index is 407. The van der Waals surface area contributed by atoms with Crippen LogP contribution in [0.5, 0.6) is 5.75 Å². The minimum absolute atomic E-state index is 0.0484. The number of nitrogens with two attached hydrogens (primary N) is 1. The van der Waals surface area contributed by atoms with E-state index in [1.54, 1.807) is 24.1 Å². The zero-order valence-corrected chi connectivity index (χ0v) is 11.2.